The van der Waals surface area contributed by atoms with Crippen LogP contribution in [-0.4, -0.2) is 38.2 Å². The summed E-state index contributed by atoms with van der Waals surface area (Å²) < 4.78 is 13.7. The van der Waals surface area contributed by atoms with E-state index in [1.807, 2.05) is 18.6 Å². The van der Waals surface area contributed by atoms with Crippen molar-refractivity contribution < 1.29 is 4.39 Å². The van der Waals surface area contributed by atoms with Crippen molar-refractivity contribution in [1.29, 1.82) is 0 Å². The van der Waals surface area contributed by atoms with Crippen LogP contribution in [0.4, 0.5) is 15.2 Å². The summed E-state index contributed by atoms with van der Waals surface area (Å²) in [6, 6.07) is 5.28. The first kappa shape index (κ1) is 14.3. The van der Waals surface area contributed by atoms with E-state index in [9.17, 15) is 4.39 Å². The van der Waals surface area contributed by atoms with Gasteiger partial charge >= 0.3 is 0 Å². The number of anilines is 2. The highest BCUT2D eigenvalue weighted by Crippen LogP contribution is 2.23. The molecule has 4 nitrogen and oxygen atoms in total. The number of halogens is 1. The van der Waals surface area contributed by atoms with Crippen molar-refractivity contribution in [3.63, 3.8) is 0 Å². The van der Waals surface area contributed by atoms with Crippen LogP contribution >= 0.6 is 11.3 Å². The number of nitrogens with one attached hydrogen (secondary N) is 1. The maximum atomic E-state index is 13.7. The molecule has 6 heteroatoms. The van der Waals surface area contributed by atoms with Crippen LogP contribution < -0.4 is 15.1 Å². The molecule has 2 aromatic rings. The average molecular weight is 306 g/mol. The van der Waals surface area contributed by atoms with E-state index < -0.39 is 0 Å². The normalized spacial score (nSPS) is 15.5. The van der Waals surface area contributed by atoms with E-state index in [1.165, 1.54) is 0 Å². The lowest BCUT2D eigenvalue weighted by Crippen LogP contribution is -2.46. The van der Waals surface area contributed by atoms with Gasteiger partial charge in [0.05, 0.1) is 0 Å². The van der Waals surface area contributed by atoms with Crippen molar-refractivity contribution in [2.75, 3.05) is 43.0 Å². The third kappa shape index (κ3) is 3.33. The molecule has 21 heavy (non-hydrogen) atoms. The van der Waals surface area contributed by atoms with Gasteiger partial charge in [-0.15, -0.1) is 11.3 Å². The summed E-state index contributed by atoms with van der Waals surface area (Å²) >= 11 is 1.67. The van der Waals surface area contributed by atoms with Gasteiger partial charge in [-0.05, 0) is 30.8 Å². The topological polar surface area (TPSA) is 31.4 Å². The zero-order valence-corrected chi connectivity index (χ0v) is 12.9. The van der Waals surface area contributed by atoms with Gasteiger partial charge in [-0.25, -0.2) is 9.37 Å². The molecule has 1 aromatic heterocycles. The molecule has 1 aliphatic rings. The molecule has 0 atom stereocenters. The molecule has 0 saturated carbocycles. The standard InChI is InChI=1S/C15H19FN4S/c1-17-11-12-8-13(16)10-14(9-12)19-3-5-20(6-4-19)15-18-2-7-21-15/h2,7-10,17H,3-6,11H2,1H3. The molecule has 1 fully saturated rings. The lowest BCUT2D eigenvalue weighted by molar-refractivity contribution is 0.616. The second-order valence-corrected chi connectivity index (χ2v) is 6.01. The Kier molecular flexibility index (Phi) is 4.36. The van der Waals surface area contributed by atoms with Crippen LogP contribution in [0.1, 0.15) is 5.56 Å². The summed E-state index contributed by atoms with van der Waals surface area (Å²) in [5, 5.41) is 6.14. The molecular formula is C15H19FN4S. The SMILES string of the molecule is CNCc1cc(F)cc(N2CCN(c3nccs3)CC2)c1. The Bertz CT molecular complexity index is 579. The van der Waals surface area contributed by atoms with E-state index in [-0.39, 0.29) is 5.82 Å². The minimum absolute atomic E-state index is 0.167. The summed E-state index contributed by atoms with van der Waals surface area (Å²) in [6.45, 7) is 4.31. The minimum atomic E-state index is -0.167. The Morgan fingerprint density at radius 3 is 2.62 bits per heavy atom. The van der Waals surface area contributed by atoms with Crippen LogP contribution in [0, 0.1) is 5.82 Å². The second-order valence-electron chi connectivity index (χ2n) is 5.14. The molecule has 1 saturated heterocycles. The number of rotatable bonds is 4. The van der Waals surface area contributed by atoms with Crippen LogP contribution in [0.3, 0.4) is 0 Å². The number of nitrogens with zero attached hydrogens (tertiary/aromatic N) is 3. The maximum Gasteiger partial charge on any atom is 0.185 e. The fourth-order valence-corrected chi connectivity index (χ4v) is 3.35. The van der Waals surface area contributed by atoms with Crippen LogP contribution in [0.5, 0.6) is 0 Å². The number of hydrogen-bond acceptors (Lipinski definition) is 5. The predicted octanol–water partition coefficient (Wildman–Crippen LogP) is 2.33. The number of thiazole rings is 1. The second kappa shape index (κ2) is 6.41. The number of hydrogen-bond donors (Lipinski definition) is 1. The maximum absolute atomic E-state index is 13.7. The molecule has 112 valence electrons. The molecular weight excluding hydrogens is 287 g/mol. The zero-order valence-electron chi connectivity index (χ0n) is 12.1. The number of benzene rings is 1. The minimum Gasteiger partial charge on any atom is -0.368 e. The molecule has 1 aliphatic heterocycles. The van der Waals surface area contributed by atoms with Gasteiger partial charge in [0.1, 0.15) is 5.82 Å². The summed E-state index contributed by atoms with van der Waals surface area (Å²) in [5.74, 6) is -0.167. The summed E-state index contributed by atoms with van der Waals surface area (Å²) in [5.41, 5.74) is 1.95. The van der Waals surface area contributed by atoms with Gasteiger partial charge in [0, 0.05) is 50.0 Å². The number of aromatic nitrogens is 1. The summed E-state index contributed by atoms with van der Waals surface area (Å²) in [7, 11) is 1.87. The van der Waals surface area contributed by atoms with E-state index in [0.29, 0.717) is 6.54 Å². The fraction of sp³-hybridized carbons (Fsp3) is 0.400. The van der Waals surface area contributed by atoms with Crippen molar-refractivity contribution in [3.8, 4) is 0 Å². The summed E-state index contributed by atoms with van der Waals surface area (Å²) in [6.07, 6.45) is 1.84. The van der Waals surface area contributed by atoms with Crippen molar-refractivity contribution in [2.24, 2.45) is 0 Å². The first-order valence-electron chi connectivity index (χ1n) is 7.10. The average Bonchev–Trinajstić information content (AvgIpc) is 3.01. The van der Waals surface area contributed by atoms with Crippen LogP contribution in [-0.2, 0) is 6.54 Å². The number of piperazine rings is 1. The van der Waals surface area contributed by atoms with Crippen LogP contribution in [0.2, 0.25) is 0 Å². The molecule has 3 rings (SSSR count). The smallest absolute Gasteiger partial charge is 0.185 e. The van der Waals surface area contributed by atoms with Gasteiger partial charge in [-0.1, -0.05) is 0 Å². The quantitative estimate of drug-likeness (QED) is 0.939. The molecule has 0 amide bonds. The van der Waals surface area contributed by atoms with Crippen LogP contribution in [0.25, 0.3) is 0 Å². The Morgan fingerprint density at radius 2 is 1.95 bits per heavy atom. The van der Waals surface area contributed by atoms with Crippen molar-refractivity contribution >= 4 is 22.2 Å². The van der Waals surface area contributed by atoms with E-state index in [1.54, 1.807) is 23.5 Å². The van der Waals surface area contributed by atoms with Crippen molar-refractivity contribution in [3.05, 3.63) is 41.2 Å². The third-order valence-electron chi connectivity index (χ3n) is 3.66. The van der Waals surface area contributed by atoms with Gasteiger partial charge in [0.25, 0.3) is 0 Å². The summed E-state index contributed by atoms with van der Waals surface area (Å²) in [4.78, 5) is 8.88. The van der Waals surface area contributed by atoms with E-state index in [0.717, 1.165) is 42.6 Å². The molecule has 0 radical (unpaired) electrons. The Morgan fingerprint density at radius 1 is 1.19 bits per heavy atom. The highest BCUT2D eigenvalue weighted by molar-refractivity contribution is 7.13. The molecule has 1 aromatic carbocycles. The predicted molar refractivity (Wildman–Crippen MR) is 85.7 cm³/mol. The molecule has 0 bridgehead atoms. The molecule has 0 unspecified atom stereocenters. The first-order valence-corrected chi connectivity index (χ1v) is 7.97. The molecule has 0 spiro atoms. The van der Waals surface area contributed by atoms with E-state index >= 15 is 0 Å². The van der Waals surface area contributed by atoms with Gasteiger partial charge in [0.2, 0.25) is 0 Å². The lowest BCUT2D eigenvalue weighted by Gasteiger charge is -2.36. The molecule has 0 aliphatic carbocycles. The largest absolute Gasteiger partial charge is 0.368 e. The van der Waals surface area contributed by atoms with Crippen molar-refractivity contribution in [2.45, 2.75) is 6.54 Å². The van der Waals surface area contributed by atoms with Gasteiger partial charge in [-0.3, -0.25) is 0 Å². The fourth-order valence-electron chi connectivity index (χ4n) is 2.65. The third-order valence-corrected chi connectivity index (χ3v) is 4.49. The van der Waals surface area contributed by atoms with E-state index in [4.69, 9.17) is 0 Å². The monoisotopic (exact) mass is 306 g/mol. The van der Waals surface area contributed by atoms with Gasteiger partial charge in [0.15, 0.2) is 5.13 Å². The lowest BCUT2D eigenvalue weighted by atomic mass is 10.1. The van der Waals surface area contributed by atoms with Crippen molar-refractivity contribution in [1.82, 2.24) is 10.3 Å². The Hall–Kier alpha value is -1.66. The Labute approximate surface area is 128 Å². The first-order chi connectivity index (χ1) is 10.3. The van der Waals surface area contributed by atoms with Crippen LogP contribution in [0.15, 0.2) is 29.8 Å². The molecule has 1 N–H and O–H groups in total. The van der Waals surface area contributed by atoms with Gasteiger partial charge < -0.3 is 15.1 Å². The highest BCUT2D eigenvalue weighted by atomic mass is 32.1. The van der Waals surface area contributed by atoms with E-state index in [2.05, 4.69) is 26.2 Å². The molecule has 2 heterocycles. The highest BCUT2D eigenvalue weighted by Gasteiger charge is 2.19. The van der Waals surface area contributed by atoms with Gasteiger partial charge in [-0.2, -0.15) is 0 Å². The zero-order chi connectivity index (χ0) is 14.7. The Balaban J connectivity index is 1.69.